The van der Waals surface area contributed by atoms with E-state index >= 15 is 0 Å². The molecule has 0 aliphatic rings. The normalized spacial score (nSPS) is 12.9. The van der Waals surface area contributed by atoms with E-state index in [9.17, 15) is 0 Å². The van der Waals surface area contributed by atoms with E-state index < -0.39 is 0 Å². The summed E-state index contributed by atoms with van der Waals surface area (Å²) in [5.41, 5.74) is 1.13. The van der Waals surface area contributed by atoms with Crippen LogP contribution in [0.4, 0.5) is 0 Å². The lowest BCUT2D eigenvalue weighted by Crippen LogP contribution is -2.19. The standard InChI is InChI=1S/C11H15N3S2/c1-8(11-13-3-4-15-11)5-12-6-10-7-16-9(2)14-10/h3-4,7-8,12H,5-6H2,1-2H3. The number of aromatic nitrogens is 2. The predicted octanol–water partition coefficient (Wildman–Crippen LogP) is 2.80. The van der Waals surface area contributed by atoms with E-state index in [0.717, 1.165) is 23.8 Å². The molecule has 0 aromatic carbocycles. The Morgan fingerprint density at radius 2 is 2.31 bits per heavy atom. The maximum Gasteiger partial charge on any atom is 0.0965 e. The molecule has 2 rings (SSSR count). The first kappa shape index (κ1) is 11.7. The summed E-state index contributed by atoms with van der Waals surface area (Å²) in [6.45, 7) is 6.02. The van der Waals surface area contributed by atoms with Crippen LogP contribution >= 0.6 is 22.7 Å². The number of aryl methyl sites for hydroxylation is 1. The molecule has 3 nitrogen and oxygen atoms in total. The monoisotopic (exact) mass is 253 g/mol. The summed E-state index contributed by atoms with van der Waals surface area (Å²) in [7, 11) is 0. The van der Waals surface area contributed by atoms with E-state index in [0.29, 0.717) is 5.92 Å². The largest absolute Gasteiger partial charge is 0.310 e. The van der Waals surface area contributed by atoms with Crippen molar-refractivity contribution in [3.63, 3.8) is 0 Å². The van der Waals surface area contributed by atoms with Crippen molar-refractivity contribution < 1.29 is 0 Å². The smallest absolute Gasteiger partial charge is 0.0965 e. The van der Waals surface area contributed by atoms with Crippen LogP contribution in [0.3, 0.4) is 0 Å². The van der Waals surface area contributed by atoms with Crippen LogP contribution in [0.25, 0.3) is 0 Å². The van der Waals surface area contributed by atoms with Gasteiger partial charge in [0, 0.05) is 36.0 Å². The molecule has 16 heavy (non-hydrogen) atoms. The fraction of sp³-hybridized carbons (Fsp3) is 0.455. The van der Waals surface area contributed by atoms with Crippen molar-refractivity contribution in [3.8, 4) is 0 Å². The van der Waals surface area contributed by atoms with E-state index in [1.165, 1.54) is 5.01 Å². The van der Waals surface area contributed by atoms with Gasteiger partial charge in [0.25, 0.3) is 0 Å². The molecule has 0 saturated heterocycles. The third kappa shape index (κ3) is 3.10. The maximum absolute atomic E-state index is 4.41. The Morgan fingerprint density at radius 3 is 2.94 bits per heavy atom. The molecule has 0 fully saturated rings. The molecule has 0 bridgehead atoms. The number of hydrogen-bond acceptors (Lipinski definition) is 5. The Bertz CT molecular complexity index is 422. The molecule has 0 spiro atoms. The summed E-state index contributed by atoms with van der Waals surface area (Å²) in [6, 6.07) is 0. The molecule has 0 saturated carbocycles. The summed E-state index contributed by atoms with van der Waals surface area (Å²) in [6.07, 6.45) is 1.86. The number of nitrogens with zero attached hydrogens (tertiary/aromatic N) is 2. The minimum Gasteiger partial charge on any atom is -0.310 e. The lowest BCUT2D eigenvalue weighted by Gasteiger charge is -2.08. The summed E-state index contributed by atoms with van der Waals surface area (Å²) < 4.78 is 0. The zero-order valence-corrected chi connectivity index (χ0v) is 11.1. The van der Waals surface area contributed by atoms with Crippen molar-refractivity contribution in [3.05, 3.63) is 32.7 Å². The molecule has 5 heteroatoms. The van der Waals surface area contributed by atoms with Crippen molar-refractivity contribution in [2.45, 2.75) is 26.3 Å². The Balaban J connectivity index is 1.76. The quantitative estimate of drug-likeness (QED) is 0.890. The highest BCUT2D eigenvalue weighted by molar-refractivity contribution is 7.09. The number of hydrogen-bond donors (Lipinski definition) is 1. The second-order valence-electron chi connectivity index (χ2n) is 3.76. The predicted molar refractivity (Wildman–Crippen MR) is 69.1 cm³/mol. The van der Waals surface area contributed by atoms with E-state index in [4.69, 9.17) is 0 Å². The Morgan fingerprint density at radius 1 is 1.44 bits per heavy atom. The van der Waals surface area contributed by atoms with Crippen molar-refractivity contribution in [2.24, 2.45) is 0 Å². The molecule has 0 amide bonds. The second kappa shape index (κ2) is 5.52. The highest BCUT2D eigenvalue weighted by Crippen LogP contribution is 2.16. The van der Waals surface area contributed by atoms with Crippen LogP contribution in [0.5, 0.6) is 0 Å². The molecule has 2 aromatic rings. The summed E-state index contributed by atoms with van der Waals surface area (Å²) >= 11 is 3.42. The highest BCUT2D eigenvalue weighted by Gasteiger charge is 2.07. The second-order valence-corrected chi connectivity index (χ2v) is 5.75. The molecule has 1 unspecified atom stereocenters. The summed E-state index contributed by atoms with van der Waals surface area (Å²) in [5, 5.41) is 9.87. The van der Waals surface area contributed by atoms with Gasteiger partial charge in [0.15, 0.2) is 0 Å². The van der Waals surface area contributed by atoms with Crippen LogP contribution in [-0.2, 0) is 6.54 Å². The van der Waals surface area contributed by atoms with Gasteiger partial charge in [-0.3, -0.25) is 0 Å². The SMILES string of the molecule is Cc1nc(CNCC(C)c2nccs2)cs1. The van der Waals surface area contributed by atoms with Crippen molar-refractivity contribution in [1.29, 1.82) is 0 Å². The highest BCUT2D eigenvalue weighted by atomic mass is 32.1. The van der Waals surface area contributed by atoms with Crippen molar-refractivity contribution in [1.82, 2.24) is 15.3 Å². The first-order valence-corrected chi connectivity index (χ1v) is 7.02. The van der Waals surface area contributed by atoms with Crippen LogP contribution in [0, 0.1) is 6.92 Å². The lowest BCUT2D eigenvalue weighted by molar-refractivity contribution is 0.607. The fourth-order valence-electron chi connectivity index (χ4n) is 1.47. The average Bonchev–Trinajstić information content (AvgIpc) is 2.89. The molecule has 2 aromatic heterocycles. The zero-order valence-electron chi connectivity index (χ0n) is 9.43. The van der Waals surface area contributed by atoms with Gasteiger partial charge in [-0.15, -0.1) is 22.7 Å². The average molecular weight is 253 g/mol. The summed E-state index contributed by atoms with van der Waals surface area (Å²) in [4.78, 5) is 8.72. The minimum atomic E-state index is 0.472. The minimum absolute atomic E-state index is 0.472. The van der Waals surface area contributed by atoms with Crippen LogP contribution < -0.4 is 5.32 Å². The topological polar surface area (TPSA) is 37.8 Å². The molecular formula is C11H15N3S2. The fourth-order valence-corrected chi connectivity index (χ4v) is 2.78. The van der Waals surface area contributed by atoms with E-state index in [1.807, 2.05) is 18.5 Å². The zero-order chi connectivity index (χ0) is 11.4. The molecule has 0 aliphatic carbocycles. The van der Waals surface area contributed by atoms with Gasteiger partial charge in [-0.05, 0) is 6.92 Å². The number of rotatable bonds is 5. The molecule has 0 aliphatic heterocycles. The Hall–Kier alpha value is -0.780. The van der Waals surface area contributed by atoms with Gasteiger partial charge < -0.3 is 5.32 Å². The van der Waals surface area contributed by atoms with Crippen molar-refractivity contribution in [2.75, 3.05) is 6.54 Å². The third-order valence-electron chi connectivity index (χ3n) is 2.30. The number of nitrogens with one attached hydrogen (secondary N) is 1. The van der Waals surface area contributed by atoms with Gasteiger partial charge >= 0.3 is 0 Å². The van der Waals surface area contributed by atoms with Crippen molar-refractivity contribution >= 4 is 22.7 Å². The van der Waals surface area contributed by atoms with Gasteiger partial charge in [0.2, 0.25) is 0 Å². The number of thiazole rings is 2. The molecule has 0 radical (unpaired) electrons. The Labute approximate surface area is 104 Å². The van der Waals surface area contributed by atoms with Gasteiger partial charge in [0.1, 0.15) is 0 Å². The first-order chi connectivity index (χ1) is 7.75. The van der Waals surface area contributed by atoms with E-state index in [-0.39, 0.29) is 0 Å². The van der Waals surface area contributed by atoms with Gasteiger partial charge in [-0.25, -0.2) is 9.97 Å². The van der Waals surface area contributed by atoms with Crippen LogP contribution in [0.2, 0.25) is 0 Å². The van der Waals surface area contributed by atoms with Gasteiger partial charge in [-0.2, -0.15) is 0 Å². The maximum atomic E-state index is 4.41. The molecule has 2 heterocycles. The van der Waals surface area contributed by atoms with Crippen LogP contribution in [0.1, 0.15) is 28.6 Å². The van der Waals surface area contributed by atoms with E-state index in [2.05, 4.69) is 27.6 Å². The van der Waals surface area contributed by atoms with Crippen LogP contribution in [0.15, 0.2) is 17.0 Å². The molecule has 1 atom stereocenters. The Kier molecular flexibility index (Phi) is 4.04. The molecular weight excluding hydrogens is 238 g/mol. The van der Waals surface area contributed by atoms with Gasteiger partial charge in [-0.1, -0.05) is 6.92 Å². The van der Waals surface area contributed by atoms with E-state index in [1.54, 1.807) is 22.7 Å². The molecule has 86 valence electrons. The summed E-state index contributed by atoms with van der Waals surface area (Å²) in [5.74, 6) is 0.472. The van der Waals surface area contributed by atoms with Crippen LogP contribution in [-0.4, -0.2) is 16.5 Å². The third-order valence-corrected chi connectivity index (χ3v) is 4.13. The lowest BCUT2D eigenvalue weighted by atomic mass is 10.2. The molecule has 1 N–H and O–H groups in total. The first-order valence-electron chi connectivity index (χ1n) is 5.27. The van der Waals surface area contributed by atoms with Gasteiger partial charge in [0.05, 0.1) is 15.7 Å².